The number of hydrogen-bond acceptors (Lipinski definition) is 3. The average molecular weight is 341 g/mol. The second kappa shape index (κ2) is 5.43. The van der Waals surface area contributed by atoms with Crippen molar-refractivity contribution in [1.82, 2.24) is 9.97 Å². The molecule has 2 nitrogen and oxygen atoms in total. The number of nitrogens with zero attached hydrogens (tertiary/aromatic N) is 2. The van der Waals surface area contributed by atoms with Gasteiger partial charge in [-0.3, -0.25) is 4.98 Å². The van der Waals surface area contributed by atoms with Gasteiger partial charge in [0.05, 0.1) is 16.8 Å². The number of aryl methyl sites for hydroxylation is 2. The first-order valence-corrected chi connectivity index (χ1v) is 8.95. The van der Waals surface area contributed by atoms with E-state index in [1.165, 1.54) is 21.1 Å². The molecule has 2 aromatic heterocycles. The van der Waals surface area contributed by atoms with Crippen LogP contribution in [0, 0.1) is 13.8 Å². The zero-order chi connectivity index (χ0) is 16.0. The van der Waals surface area contributed by atoms with E-state index in [0.717, 1.165) is 29.1 Å². The molecule has 1 aliphatic rings. The zero-order valence-corrected chi connectivity index (χ0v) is 14.7. The Bertz CT molecular complexity index is 863. The third-order valence-electron chi connectivity index (χ3n) is 4.54. The van der Waals surface area contributed by atoms with Crippen LogP contribution < -0.4 is 0 Å². The molecule has 1 saturated carbocycles. The Morgan fingerprint density at radius 2 is 1.83 bits per heavy atom. The van der Waals surface area contributed by atoms with Crippen molar-refractivity contribution in [3.8, 4) is 11.3 Å². The highest BCUT2D eigenvalue weighted by Gasteiger charge is 2.50. The molecule has 4 rings (SSSR count). The highest BCUT2D eigenvalue weighted by Crippen LogP contribution is 2.55. The van der Waals surface area contributed by atoms with Crippen LogP contribution in [0.3, 0.4) is 0 Å². The smallest absolute Gasteiger partial charge is 0.106 e. The predicted octanol–water partition coefficient (Wildman–Crippen LogP) is 5.56. The summed E-state index contributed by atoms with van der Waals surface area (Å²) in [7, 11) is 0. The summed E-state index contributed by atoms with van der Waals surface area (Å²) in [5.74, 6) is 0. The minimum Gasteiger partial charge on any atom is -0.260 e. The molecule has 0 aliphatic heterocycles. The SMILES string of the molecule is Cc1cccnc1C1(c2nc(-c3ccc(Cl)cc3)c(C)s2)CC1. The van der Waals surface area contributed by atoms with E-state index < -0.39 is 0 Å². The molecule has 0 unspecified atom stereocenters. The summed E-state index contributed by atoms with van der Waals surface area (Å²) >= 11 is 7.80. The minimum atomic E-state index is 0.0332. The fourth-order valence-electron chi connectivity index (χ4n) is 3.14. The number of rotatable bonds is 3. The van der Waals surface area contributed by atoms with Crippen LogP contribution in [0.4, 0.5) is 0 Å². The van der Waals surface area contributed by atoms with E-state index in [1.54, 1.807) is 11.3 Å². The van der Waals surface area contributed by atoms with Crippen LogP contribution in [0.25, 0.3) is 11.3 Å². The molecule has 23 heavy (non-hydrogen) atoms. The normalized spacial score (nSPS) is 15.6. The monoisotopic (exact) mass is 340 g/mol. The fourth-order valence-corrected chi connectivity index (χ4v) is 4.45. The van der Waals surface area contributed by atoms with Gasteiger partial charge in [-0.2, -0.15) is 0 Å². The molecule has 0 amide bonds. The van der Waals surface area contributed by atoms with Gasteiger partial charge in [0.1, 0.15) is 5.01 Å². The van der Waals surface area contributed by atoms with Gasteiger partial charge in [-0.05, 0) is 50.5 Å². The summed E-state index contributed by atoms with van der Waals surface area (Å²) in [4.78, 5) is 10.9. The van der Waals surface area contributed by atoms with Crippen molar-refractivity contribution in [2.24, 2.45) is 0 Å². The van der Waals surface area contributed by atoms with Gasteiger partial charge in [-0.1, -0.05) is 29.8 Å². The van der Waals surface area contributed by atoms with Crippen molar-refractivity contribution in [3.05, 3.63) is 68.8 Å². The standard InChI is InChI=1S/C19H17ClN2S/c1-12-4-3-11-21-17(12)19(9-10-19)18-22-16(13(2)23-18)14-5-7-15(20)8-6-14/h3-8,11H,9-10H2,1-2H3. The van der Waals surface area contributed by atoms with E-state index in [1.807, 2.05) is 36.5 Å². The Kier molecular flexibility index (Phi) is 3.51. The maximum Gasteiger partial charge on any atom is 0.106 e. The topological polar surface area (TPSA) is 25.8 Å². The summed E-state index contributed by atoms with van der Waals surface area (Å²) < 4.78 is 0. The lowest BCUT2D eigenvalue weighted by atomic mass is 9.98. The molecule has 0 spiro atoms. The van der Waals surface area contributed by atoms with Gasteiger partial charge in [-0.25, -0.2) is 4.98 Å². The largest absolute Gasteiger partial charge is 0.260 e. The Balaban J connectivity index is 1.78. The van der Waals surface area contributed by atoms with Gasteiger partial charge in [0, 0.05) is 21.7 Å². The fraction of sp³-hybridized carbons (Fsp3) is 0.263. The van der Waals surface area contributed by atoms with E-state index in [9.17, 15) is 0 Å². The number of hydrogen-bond donors (Lipinski definition) is 0. The van der Waals surface area contributed by atoms with E-state index in [-0.39, 0.29) is 5.41 Å². The summed E-state index contributed by atoms with van der Waals surface area (Å²) in [6.07, 6.45) is 4.17. The summed E-state index contributed by atoms with van der Waals surface area (Å²) in [5, 5.41) is 1.95. The van der Waals surface area contributed by atoms with Crippen LogP contribution in [0.15, 0.2) is 42.6 Å². The van der Waals surface area contributed by atoms with E-state index >= 15 is 0 Å². The number of benzene rings is 1. The molecule has 1 aromatic carbocycles. The number of pyridine rings is 1. The highest BCUT2D eigenvalue weighted by atomic mass is 35.5. The van der Waals surface area contributed by atoms with E-state index in [2.05, 4.69) is 24.9 Å². The van der Waals surface area contributed by atoms with Crippen molar-refractivity contribution >= 4 is 22.9 Å². The van der Waals surface area contributed by atoms with Crippen molar-refractivity contribution < 1.29 is 0 Å². The molecule has 1 fully saturated rings. The molecule has 0 atom stereocenters. The Labute approximate surface area is 145 Å². The van der Waals surface area contributed by atoms with Crippen molar-refractivity contribution in [2.75, 3.05) is 0 Å². The third kappa shape index (κ3) is 2.48. The average Bonchev–Trinajstić information content (AvgIpc) is 3.26. The van der Waals surface area contributed by atoms with Crippen molar-refractivity contribution in [2.45, 2.75) is 32.1 Å². The lowest BCUT2D eigenvalue weighted by Gasteiger charge is -2.13. The maximum absolute atomic E-state index is 6.00. The molecule has 0 saturated heterocycles. The molecule has 0 bridgehead atoms. The van der Waals surface area contributed by atoms with E-state index in [0.29, 0.717) is 0 Å². The Morgan fingerprint density at radius 3 is 2.48 bits per heavy atom. The third-order valence-corrected chi connectivity index (χ3v) is 5.96. The highest BCUT2D eigenvalue weighted by molar-refractivity contribution is 7.12. The first kappa shape index (κ1) is 14.9. The van der Waals surface area contributed by atoms with Crippen LogP contribution in [-0.2, 0) is 5.41 Å². The molecule has 0 radical (unpaired) electrons. The lowest BCUT2D eigenvalue weighted by molar-refractivity contribution is 0.783. The number of aromatic nitrogens is 2. The van der Waals surface area contributed by atoms with Crippen LogP contribution in [-0.4, -0.2) is 9.97 Å². The first-order valence-electron chi connectivity index (χ1n) is 7.76. The van der Waals surface area contributed by atoms with Gasteiger partial charge in [0.2, 0.25) is 0 Å². The van der Waals surface area contributed by atoms with Gasteiger partial charge in [0.15, 0.2) is 0 Å². The molecular weight excluding hydrogens is 324 g/mol. The predicted molar refractivity (Wildman–Crippen MR) is 96.3 cm³/mol. The second-order valence-corrected chi connectivity index (χ2v) is 7.82. The maximum atomic E-state index is 6.00. The van der Waals surface area contributed by atoms with Crippen molar-refractivity contribution in [1.29, 1.82) is 0 Å². The first-order chi connectivity index (χ1) is 11.1. The van der Waals surface area contributed by atoms with E-state index in [4.69, 9.17) is 16.6 Å². The summed E-state index contributed by atoms with van der Waals surface area (Å²) in [6, 6.07) is 12.1. The second-order valence-electron chi connectivity index (χ2n) is 6.18. The van der Waals surface area contributed by atoms with Crippen LogP contribution >= 0.6 is 22.9 Å². The molecular formula is C19H17ClN2S. The van der Waals surface area contributed by atoms with Crippen LogP contribution in [0.2, 0.25) is 5.02 Å². The molecule has 3 aromatic rings. The van der Waals surface area contributed by atoms with Gasteiger partial charge in [-0.15, -0.1) is 11.3 Å². The zero-order valence-electron chi connectivity index (χ0n) is 13.1. The number of halogens is 1. The Morgan fingerprint density at radius 1 is 1.09 bits per heavy atom. The summed E-state index contributed by atoms with van der Waals surface area (Å²) in [6.45, 7) is 4.29. The molecule has 4 heteroatoms. The van der Waals surface area contributed by atoms with Gasteiger partial charge in [0.25, 0.3) is 0 Å². The minimum absolute atomic E-state index is 0.0332. The summed E-state index contributed by atoms with van der Waals surface area (Å²) in [5.41, 5.74) is 4.68. The molecule has 116 valence electrons. The van der Waals surface area contributed by atoms with Gasteiger partial charge >= 0.3 is 0 Å². The molecule has 2 heterocycles. The quantitative estimate of drug-likeness (QED) is 0.624. The van der Waals surface area contributed by atoms with Crippen LogP contribution in [0.5, 0.6) is 0 Å². The number of thiazole rings is 1. The van der Waals surface area contributed by atoms with Crippen molar-refractivity contribution in [3.63, 3.8) is 0 Å². The molecule has 1 aliphatic carbocycles. The van der Waals surface area contributed by atoms with Crippen LogP contribution in [0.1, 0.15) is 34.0 Å². The van der Waals surface area contributed by atoms with Gasteiger partial charge < -0.3 is 0 Å². The molecule has 0 N–H and O–H groups in total. The lowest BCUT2D eigenvalue weighted by Crippen LogP contribution is -2.12. The Hall–Kier alpha value is -1.71.